The molecule has 198 valence electrons. The third-order valence-corrected chi connectivity index (χ3v) is 7.64. The first-order chi connectivity index (χ1) is 18.9. The average molecular weight is 539 g/mol. The number of nitrogens with one attached hydrogen (secondary N) is 1. The molecule has 0 radical (unpaired) electrons. The highest BCUT2D eigenvalue weighted by atomic mass is 35.5. The number of fused-ring (bicyclic) bond motifs is 1. The Bertz CT molecular complexity index is 1570. The summed E-state index contributed by atoms with van der Waals surface area (Å²) in [5, 5.41) is 12.6. The van der Waals surface area contributed by atoms with Gasteiger partial charge >= 0.3 is 5.97 Å². The molecule has 0 aliphatic rings. The van der Waals surface area contributed by atoms with Gasteiger partial charge in [0.25, 0.3) is 0 Å². The average Bonchev–Trinajstić information content (AvgIpc) is 3.37. The van der Waals surface area contributed by atoms with Gasteiger partial charge in [0.15, 0.2) is 0 Å². The Balaban J connectivity index is 1.67. The van der Waals surface area contributed by atoms with E-state index < -0.39 is 17.6 Å². The second-order valence-electron chi connectivity index (χ2n) is 9.83. The monoisotopic (exact) mass is 538 g/mol. The lowest BCUT2D eigenvalue weighted by atomic mass is 9.75. The summed E-state index contributed by atoms with van der Waals surface area (Å²) >= 11 is 6.92. The Morgan fingerprint density at radius 2 is 1.56 bits per heavy atom. The third kappa shape index (κ3) is 5.18. The summed E-state index contributed by atoms with van der Waals surface area (Å²) in [4.78, 5) is 21.0. The maximum atomic E-state index is 14.0. The molecule has 0 saturated heterocycles. The fraction of sp³-hybridized carbons (Fsp3) is 0.219. The van der Waals surface area contributed by atoms with Crippen molar-refractivity contribution in [1.29, 1.82) is 0 Å². The van der Waals surface area contributed by atoms with E-state index in [1.165, 1.54) is 4.85 Å². The van der Waals surface area contributed by atoms with E-state index in [4.69, 9.17) is 16.4 Å². The fourth-order valence-electron chi connectivity index (χ4n) is 4.94. The lowest BCUT2D eigenvalue weighted by Gasteiger charge is -2.41. The van der Waals surface area contributed by atoms with Crippen LogP contribution in [0.2, 0.25) is 5.02 Å². The molecular weight excluding hydrogens is 508 g/mol. The predicted molar refractivity (Wildman–Crippen MR) is 154 cm³/mol. The molecule has 0 bridgehead atoms. The summed E-state index contributed by atoms with van der Waals surface area (Å²) in [5.41, 5.74) is 4.20. The summed E-state index contributed by atoms with van der Waals surface area (Å²) in [7, 11) is 0. The Morgan fingerprint density at radius 3 is 2.28 bits per heavy atom. The van der Waals surface area contributed by atoms with Crippen molar-refractivity contribution in [1.82, 2.24) is 20.5 Å². The maximum Gasteiger partial charge on any atom is 0.352 e. The van der Waals surface area contributed by atoms with E-state index in [1.54, 1.807) is 0 Å². The van der Waals surface area contributed by atoms with Gasteiger partial charge in [-0.05, 0) is 52.9 Å². The Hall–Kier alpha value is -4.00. The highest BCUT2D eigenvalue weighted by Crippen LogP contribution is 2.41. The third-order valence-electron chi connectivity index (χ3n) is 7.31. The van der Waals surface area contributed by atoms with Crippen LogP contribution in [0.15, 0.2) is 103 Å². The second kappa shape index (κ2) is 11.4. The standard InChI is InChI=1S/C32H31ClN4O2/c1-4-23(3)30(31(38)39-37-29-17-11-10-16-28(29)35-36-37)34-32(24-12-6-5-7-13-24,25-20-18-22(2)19-21-25)26-14-8-9-15-27(26)33/h5-21,23,30,34H,4H2,1-3H3/t23-,30-,32?/m0/s1. The topological polar surface area (TPSA) is 69.0 Å². The SMILES string of the molecule is CC[C@H](C)[C@H](NC(c1ccccc1)(c1ccc(C)cc1)c1ccccc1Cl)C(=O)On1nnc2ccccc21. The first kappa shape index (κ1) is 26.6. The normalized spacial score (nSPS) is 14.5. The van der Waals surface area contributed by atoms with E-state index in [1.807, 2.05) is 73.7 Å². The molecular formula is C32H31ClN4O2. The number of carbonyl (C=O) groups excluding carboxylic acids is 1. The van der Waals surface area contributed by atoms with Crippen LogP contribution in [0, 0.1) is 12.8 Å². The number of hydrogen-bond acceptors (Lipinski definition) is 5. The fourth-order valence-corrected chi connectivity index (χ4v) is 5.22. The van der Waals surface area contributed by atoms with E-state index in [0.717, 1.165) is 28.7 Å². The quantitative estimate of drug-likeness (QED) is 0.175. The van der Waals surface area contributed by atoms with E-state index >= 15 is 0 Å². The van der Waals surface area contributed by atoms with Gasteiger partial charge in [-0.15, -0.1) is 5.10 Å². The number of carbonyl (C=O) groups is 1. The molecule has 1 aromatic heterocycles. The first-order valence-electron chi connectivity index (χ1n) is 13.1. The van der Waals surface area contributed by atoms with Crippen molar-refractivity contribution in [3.05, 3.63) is 130 Å². The zero-order chi connectivity index (χ0) is 27.4. The summed E-state index contributed by atoms with van der Waals surface area (Å²) in [5.74, 6) is -0.539. The van der Waals surface area contributed by atoms with Gasteiger partial charge in [-0.25, -0.2) is 4.79 Å². The molecule has 0 amide bonds. The summed E-state index contributed by atoms with van der Waals surface area (Å²) < 4.78 is 0. The van der Waals surface area contributed by atoms with Gasteiger partial charge in [-0.2, -0.15) is 0 Å². The summed E-state index contributed by atoms with van der Waals surface area (Å²) in [6.07, 6.45) is 0.742. The van der Waals surface area contributed by atoms with Gasteiger partial charge in [0.2, 0.25) is 0 Å². The van der Waals surface area contributed by atoms with E-state index in [0.29, 0.717) is 16.1 Å². The molecule has 7 heteroatoms. The van der Waals surface area contributed by atoms with Gasteiger partial charge in [-0.3, -0.25) is 5.32 Å². The lowest BCUT2D eigenvalue weighted by molar-refractivity contribution is -0.150. The van der Waals surface area contributed by atoms with Gasteiger partial charge in [0.1, 0.15) is 17.1 Å². The van der Waals surface area contributed by atoms with Crippen LogP contribution in [0.4, 0.5) is 0 Å². The van der Waals surface area contributed by atoms with Crippen LogP contribution in [0.25, 0.3) is 11.0 Å². The minimum atomic E-state index is -0.954. The first-order valence-corrected chi connectivity index (χ1v) is 13.5. The Kier molecular flexibility index (Phi) is 7.77. The molecule has 0 fully saturated rings. The van der Waals surface area contributed by atoms with Crippen LogP contribution in [0.1, 0.15) is 42.5 Å². The number of para-hydroxylation sites is 1. The van der Waals surface area contributed by atoms with Crippen molar-refractivity contribution in [2.75, 3.05) is 0 Å². The van der Waals surface area contributed by atoms with Gasteiger partial charge in [0.05, 0.1) is 5.54 Å². The Labute approximate surface area is 233 Å². The van der Waals surface area contributed by atoms with Gasteiger partial charge < -0.3 is 4.84 Å². The number of aryl methyl sites for hydroxylation is 1. The molecule has 4 aromatic carbocycles. The van der Waals surface area contributed by atoms with Crippen molar-refractivity contribution in [3.8, 4) is 0 Å². The predicted octanol–water partition coefficient (Wildman–Crippen LogP) is 6.34. The molecule has 5 aromatic rings. The van der Waals surface area contributed by atoms with Crippen LogP contribution in [-0.4, -0.2) is 27.2 Å². The van der Waals surface area contributed by atoms with Crippen LogP contribution in [0.5, 0.6) is 0 Å². The minimum Gasteiger partial charge on any atom is -0.315 e. The number of nitrogens with zero attached hydrogens (tertiary/aromatic N) is 3. The van der Waals surface area contributed by atoms with Crippen molar-refractivity contribution in [3.63, 3.8) is 0 Å². The number of hydrogen-bond donors (Lipinski definition) is 1. The molecule has 0 spiro atoms. The molecule has 5 rings (SSSR count). The number of benzene rings is 4. The minimum absolute atomic E-state index is 0.0803. The van der Waals surface area contributed by atoms with Crippen LogP contribution >= 0.6 is 11.6 Å². The molecule has 3 atom stereocenters. The summed E-state index contributed by atoms with van der Waals surface area (Å²) in [6.45, 7) is 6.15. The number of aromatic nitrogens is 3. The van der Waals surface area contributed by atoms with Crippen molar-refractivity contribution in [2.24, 2.45) is 5.92 Å². The molecule has 39 heavy (non-hydrogen) atoms. The zero-order valence-corrected chi connectivity index (χ0v) is 23.0. The van der Waals surface area contributed by atoms with Crippen molar-refractivity contribution in [2.45, 2.75) is 38.8 Å². The molecule has 6 nitrogen and oxygen atoms in total. The van der Waals surface area contributed by atoms with E-state index in [2.05, 4.69) is 65.9 Å². The van der Waals surface area contributed by atoms with Crippen molar-refractivity contribution >= 4 is 28.6 Å². The molecule has 0 aliphatic carbocycles. The van der Waals surface area contributed by atoms with Gasteiger partial charge in [0, 0.05) is 5.02 Å². The van der Waals surface area contributed by atoms with E-state index in [9.17, 15) is 4.79 Å². The highest BCUT2D eigenvalue weighted by Gasteiger charge is 2.43. The second-order valence-corrected chi connectivity index (χ2v) is 10.2. The largest absolute Gasteiger partial charge is 0.352 e. The van der Waals surface area contributed by atoms with Crippen LogP contribution in [0.3, 0.4) is 0 Å². The zero-order valence-electron chi connectivity index (χ0n) is 22.2. The summed E-state index contributed by atoms with van der Waals surface area (Å²) in [6, 6.07) is 32.8. The highest BCUT2D eigenvalue weighted by molar-refractivity contribution is 6.31. The maximum absolute atomic E-state index is 14.0. The molecule has 0 aliphatic heterocycles. The smallest absolute Gasteiger partial charge is 0.315 e. The molecule has 0 saturated carbocycles. The van der Waals surface area contributed by atoms with Crippen LogP contribution < -0.4 is 10.2 Å². The van der Waals surface area contributed by atoms with Crippen molar-refractivity contribution < 1.29 is 9.63 Å². The lowest BCUT2D eigenvalue weighted by Crippen LogP contribution is -2.56. The van der Waals surface area contributed by atoms with Crippen LogP contribution in [-0.2, 0) is 10.3 Å². The molecule has 1 heterocycles. The van der Waals surface area contributed by atoms with E-state index in [-0.39, 0.29) is 5.92 Å². The van der Waals surface area contributed by atoms with Gasteiger partial charge in [-0.1, -0.05) is 127 Å². The molecule has 1 unspecified atom stereocenters. The Morgan fingerprint density at radius 1 is 0.923 bits per heavy atom. The number of rotatable bonds is 9. The number of halogens is 1. The molecule has 1 N–H and O–H groups in total.